The molecule has 0 radical (unpaired) electrons. The lowest BCUT2D eigenvalue weighted by molar-refractivity contribution is -0.219. The van der Waals surface area contributed by atoms with E-state index >= 15 is 0 Å². The predicted octanol–water partition coefficient (Wildman–Crippen LogP) is 4.06. The molecule has 1 N–H and O–H groups in total. The second-order valence-electron chi connectivity index (χ2n) is 7.78. The number of carbonyl (C=O) groups is 1. The fourth-order valence-electron chi connectivity index (χ4n) is 4.52. The van der Waals surface area contributed by atoms with Gasteiger partial charge in [-0.3, -0.25) is 4.90 Å². The lowest BCUT2D eigenvalue weighted by atomic mass is 10.1. The number of benzene rings is 1. The number of methoxy groups -OCH3 is 1. The van der Waals surface area contributed by atoms with E-state index in [1.54, 1.807) is 18.3 Å². The lowest BCUT2D eigenvalue weighted by Crippen LogP contribution is -2.55. The third-order valence-electron chi connectivity index (χ3n) is 5.95. The predicted molar refractivity (Wildman–Crippen MR) is 110 cm³/mol. The molecule has 5 rings (SSSR count). The van der Waals surface area contributed by atoms with E-state index in [2.05, 4.69) is 14.7 Å². The molecule has 2 fully saturated rings. The molecule has 4 heterocycles. The molecule has 2 unspecified atom stereocenters. The summed E-state index contributed by atoms with van der Waals surface area (Å²) >= 11 is 1.42. The summed E-state index contributed by atoms with van der Waals surface area (Å²) in [5.41, 5.74) is 1.72. The number of halogens is 2. The Bertz CT molecular complexity index is 1110. The van der Waals surface area contributed by atoms with Gasteiger partial charge in [0.2, 0.25) is 0 Å². The molecule has 1 amide bonds. The second kappa shape index (κ2) is 7.41. The highest BCUT2D eigenvalue weighted by atomic mass is 32.1. The van der Waals surface area contributed by atoms with Gasteiger partial charge in [0, 0.05) is 31.8 Å². The number of ether oxygens (including phenoxy) is 1. The van der Waals surface area contributed by atoms with Crippen LogP contribution in [0.3, 0.4) is 0 Å². The van der Waals surface area contributed by atoms with E-state index in [-0.39, 0.29) is 12.1 Å². The highest BCUT2D eigenvalue weighted by Crippen LogP contribution is 2.38. The van der Waals surface area contributed by atoms with Crippen LogP contribution in [-0.2, 0) is 11.2 Å². The molecule has 8 nitrogen and oxygen atoms in total. The molecule has 0 saturated carbocycles. The normalized spacial score (nSPS) is 21.3. The van der Waals surface area contributed by atoms with Crippen molar-refractivity contribution in [2.75, 3.05) is 25.1 Å². The van der Waals surface area contributed by atoms with Crippen LogP contribution in [0, 0.1) is 0 Å². The third kappa shape index (κ3) is 3.51. The molecule has 2 atom stereocenters. The van der Waals surface area contributed by atoms with Gasteiger partial charge in [-0.15, -0.1) is 11.3 Å². The van der Waals surface area contributed by atoms with Crippen LogP contribution in [0.4, 0.5) is 19.6 Å². The van der Waals surface area contributed by atoms with Crippen LogP contribution in [0.15, 0.2) is 28.1 Å². The van der Waals surface area contributed by atoms with Crippen LogP contribution in [-0.4, -0.2) is 64.5 Å². The van der Waals surface area contributed by atoms with Gasteiger partial charge in [-0.05, 0) is 24.5 Å². The Labute approximate surface area is 180 Å². The summed E-state index contributed by atoms with van der Waals surface area (Å²) in [4.78, 5) is 23.9. The average molecular weight is 450 g/mol. The first-order valence-corrected chi connectivity index (χ1v) is 10.8. The molecule has 11 heteroatoms. The molecule has 2 aromatic heterocycles. The Hall–Kier alpha value is -2.79. The van der Waals surface area contributed by atoms with Gasteiger partial charge >= 0.3 is 12.2 Å². The molecule has 1 aromatic carbocycles. The smallest absolute Gasteiger partial charge is 0.407 e. The Morgan fingerprint density at radius 1 is 1.35 bits per heavy atom. The highest BCUT2D eigenvalue weighted by Gasteiger charge is 2.44. The van der Waals surface area contributed by atoms with Crippen molar-refractivity contribution in [3.05, 3.63) is 29.3 Å². The summed E-state index contributed by atoms with van der Waals surface area (Å²) in [5.74, 6) is 0. The molecule has 31 heavy (non-hydrogen) atoms. The van der Waals surface area contributed by atoms with E-state index in [4.69, 9.17) is 4.42 Å². The summed E-state index contributed by atoms with van der Waals surface area (Å²) in [7, 11) is 0.965. The number of anilines is 1. The van der Waals surface area contributed by atoms with Crippen molar-refractivity contribution in [2.24, 2.45) is 0 Å². The summed E-state index contributed by atoms with van der Waals surface area (Å²) in [6, 6.07) is 3.35. The fraction of sp³-hybridized carbons (Fsp3) is 0.450. The Kier molecular flexibility index (Phi) is 4.82. The number of carboxylic acid groups (broad SMARTS) is 1. The number of fused-ring (bicyclic) bond motifs is 3. The monoisotopic (exact) mass is 450 g/mol. The summed E-state index contributed by atoms with van der Waals surface area (Å²) < 4.78 is 38.4. The van der Waals surface area contributed by atoms with Crippen LogP contribution < -0.4 is 4.90 Å². The number of aromatic nitrogens is 2. The molecular weight excluding hydrogens is 430 g/mol. The van der Waals surface area contributed by atoms with E-state index in [0.717, 1.165) is 20.0 Å². The Morgan fingerprint density at radius 2 is 2.10 bits per heavy atom. The molecule has 2 aliphatic rings. The average Bonchev–Trinajstić information content (AvgIpc) is 3.46. The van der Waals surface area contributed by atoms with E-state index in [1.165, 1.54) is 16.2 Å². The minimum Gasteiger partial charge on any atom is -0.465 e. The molecule has 0 spiro atoms. The summed E-state index contributed by atoms with van der Waals surface area (Å²) in [5, 5.41) is 12.0. The molecule has 2 bridgehead atoms. The first-order chi connectivity index (χ1) is 14.9. The van der Waals surface area contributed by atoms with Gasteiger partial charge in [-0.25, -0.2) is 9.78 Å². The number of hydrogen-bond acceptors (Lipinski definition) is 7. The number of piperazine rings is 1. The number of hydrogen-bond donors (Lipinski definition) is 1. The topological polar surface area (TPSA) is 91.9 Å². The van der Waals surface area contributed by atoms with E-state index in [0.29, 0.717) is 46.3 Å². The largest absolute Gasteiger partial charge is 0.465 e. The van der Waals surface area contributed by atoms with E-state index in [1.807, 2.05) is 10.3 Å². The summed E-state index contributed by atoms with van der Waals surface area (Å²) in [6.07, 6.45) is -1.66. The molecule has 2 aliphatic heterocycles. The maximum Gasteiger partial charge on any atom is 0.407 e. The highest BCUT2D eigenvalue weighted by molar-refractivity contribution is 7.13. The van der Waals surface area contributed by atoms with Crippen LogP contribution in [0.25, 0.3) is 21.7 Å². The number of oxazole rings is 1. The number of amides is 1. The van der Waals surface area contributed by atoms with Crippen molar-refractivity contribution in [3.63, 3.8) is 0 Å². The van der Waals surface area contributed by atoms with Crippen molar-refractivity contribution < 1.29 is 27.8 Å². The summed E-state index contributed by atoms with van der Waals surface area (Å²) in [6.45, 7) is 0.900. The van der Waals surface area contributed by atoms with Crippen molar-refractivity contribution in [2.45, 2.75) is 37.5 Å². The van der Waals surface area contributed by atoms with Crippen LogP contribution in [0.2, 0.25) is 0 Å². The zero-order valence-electron chi connectivity index (χ0n) is 16.6. The standard InChI is InChI=1S/C20H20F2N4O4S/c1-29-20(21,22)8-11-2-5-14(17-23-6-7-31-17)16-15(11)24-18(30-16)25-9-12-3-4-13(10-25)26(12)19(27)28/h2,5-7,12-13H,3-4,8-10H2,1H3,(H,27,28). The molecule has 3 aromatic rings. The van der Waals surface area contributed by atoms with Crippen molar-refractivity contribution in [3.8, 4) is 10.6 Å². The quantitative estimate of drug-likeness (QED) is 0.627. The van der Waals surface area contributed by atoms with Crippen LogP contribution in [0.1, 0.15) is 18.4 Å². The zero-order valence-corrected chi connectivity index (χ0v) is 17.4. The van der Waals surface area contributed by atoms with Gasteiger partial charge < -0.3 is 19.2 Å². The Balaban J connectivity index is 1.56. The maximum atomic E-state index is 14.0. The second-order valence-corrected chi connectivity index (χ2v) is 8.68. The molecule has 164 valence electrons. The van der Waals surface area contributed by atoms with Crippen molar-refractivity contribution in [1.82, 2.24) is 14.9 Å². The third-order valence-corrected chi connectivity index (χ3v) is 6.75. The molecule has 2 saturated heterocycles. The maximum absolute atomic E-state index is 14.0. The lowest BCUT2D eigenvalue weighted by Gasteiger charge is -2.38. The van der Waals surface area contributed by atoms with Crippen LogP contribution in [0.5, 0.6) is 0 Å². The first kappa shape index (κ1) is 20.1. The van der Waals surface area contributed by atoms with Crippen molar-refractivity contribution >= 4 is 34.5 Å². The van der Waals surface area contributed by atoms with E-state index < -0.39 is 18.6 Å². The van der Waals surface area contributed by atoms with Gasteiger partial charge in [0.15, 0.2) is 5.58 Å². The van der Waals surface area contributed by atoms with E-state index in [9.17, 15) is 18.7 Å². The van der Waals surface area contributed by atoms with Gasteiger partial charge in [0.1, 0.15) is 10.5 Å². The van der Waals surface area contributed by atoms with Crippen LogP contribution >= 0.6 is 11.3 Å². The van der Waals surface area contributed by atoms with Gasteiger partial charge in [0.25, 0.3) is 6.01 Å². The van der Waals surface area contributed by atoms with Gasteiger partial charge in [-0.1, -0.05) is 6.07 Å². The molecule has 0 aliphatic carbocycles. The molecular formula is C20H20F2N4O4S. The fourth-order valence-corrected chi connectivity index (χ4v) is 5.18. The van der Waals surface area contributed by atoms with Crippen molar-refractivity contribution in [1.29, 1.82) is 0 Å². The number of alkyl halides is 2. The minimum absolute atomic E-state index is 0.137. The minimum atomic E-state index is -3.33. The Morgan fingerprint density at radius 3 is 2.71 bits per heavy atom. The van der Waals surface area contributed by atoms with Gasteiger partial charge in [-0.2, -0.15) is 13.8 Å². The SMILES string of the molecule is COC(F)(F)Cc1ccc(-c2nccs2)c2oc(N3CC4CCC(C3)N4C(=O)O)nc12. The zero-order chi connectivity index (χ0) is 21.8. The van der Waals surface area contributed by atoms with Gasteiger partial charge in [0.05, 0.1) is 24.1 Å². The first-order valence-electron chi connectivity index (χ1n) is 9.88. The number of rotatable bonds is 5. The number of thiazole rings is 1. The number of nitrogens with zero attached hydrogens (tertiary/aromatic N) is 4.